The van der Waals surface area contributed by atoms with Crippen molar-refractivity contribution in [1.82, 2.24) is 20.0 Å². The fraction of sp³-hybridized carbons (Fsp3) is 0.375. The monoisotopic (exact) mass is 454 g/mol. The Labute approximate surface area is 190 Å². The quantitative estimate of drug-likeness (QED) is 0.367. The second kappa shape index (κ2) is 9.00. The molecule has 0 bridgehead atoms. The largest absolute Gasteiger partial charge is 0.440 e. The van der Waals surface area contributed by atoms with E-state index in [1.165, 1.54) is 6.07 Å². The van der Waals surface area contributed by atoms with Gasteiger partial charge in [0.05, 0.1) is 0 Å². The lowest BCUT2D eigenvalue weighted by atomic mass is 9.96. The van der Waals surface area contributed by atoms with Crippen LogP contribution in [0.4, 0.5) is 4.39 Å². The third-order valence-corrected chi connectivity index (χ3v) is 6.30. The Hall–Kier alpha value is -2.77. The number of halogens is 2. The molecule has 32 heavy (non-hydrogen) atoms. The van der Waals surface area contributed by atoms with Crippen LogP contribution in [0.1, 0.15) is 42.5 Å². The van der Waals surface area contributed by atoms with Crippen molar-refractivity contribution < 1.29 is 13.3 Å². The molecule has 8 heteroatoms. The van der Waals surface area contributed by atoms with E-state index in [0.29, 0.717) is 40.2 Å². The van der Waals surface area contributed by atoms with Crippen molar-refractivity contribution in [2.75, 3.05) is 19.6 Å². The summed E-state index contributed by atoms with van der Waals surface area (Å²) in [7, 11) is 0. The van der Waals surface area contributed by atoms with Gasteiger partial charge in [-0.2, -0.15) is 4.98 Å². The Morgan fingerprint density at radius 1 is 1.12 bits per heavy atom. The zero-order chi connectivity index (χ0) is 22.1. The maximum absolute atomic E-state index is 13.8. The number of benzene rings is 2. The number of fused-ring (bicyclic) bond motifs is 1. The summed E-state index contributed by atoms with van der Waals surface area (Å²) in [6.45, 7) is 4.70. The molecule has 0 spiro atoms. The lowest BCUT2D eigenvalue weighted by Gasteiger charge is -2.30. The summed E-state index contributed by atoms with van der Waals surface area (Å²) < 4.78 is 25.1. The molecule has 0 atom stereocenters. The van der Waals surface area contributed by atoms with Crippen molar-refractivity contribution >= 4 is 22.7 Å². The minimum atomic E-state index is -0.265. The zero-order valence-corrected chi connectivity index (χ0v) is 18.6. The van der Waals surface area contributed by atoms with Gasteiger partial charge >= 0.3 is 0 Å². The van der Waals surface area contributed by atoms with Crippen LogP contribution in [-0.4, -0.2) is 39.7 Å². The molecule has 1 saturated heterocycles. The predicted molar refractivity (Wildman–Crippen MR) is 120 cm³/mol. The van der Waals surface area contributed by atoms with Gasteiger partial charge in [-0.05, 0) is 75.6 Å². The molecular weight excluding hydrogens is 431 g/mol. The van der Waals surface area contributed by atoms with Crippen LogP contribution in [0.3, 0.4) is 0 Å². The maximum atomic E-state index is 13.8. The minimum Gasteiger partial charge on any atom is -0.440 e. The first-order valence-electron chi connectivity index (χ1n) is 10.9. The Balaban J connectivity index is 1.11. The fourth-order valence-corrected chi connectivity index (χ4v) is 4.32. The van der Waals surface area contributed by atoms with Crippen LogP contribution in [-0.2, 0) is 6.42 Å². The second-order valence-electron chi connectivity index (χ2n) is 8.36. The highest BCUT2D eigenvalue weighted by atomic mass is 35.5. The van der Waals surface area contributed by atoms with Gasteiger partial charge in [-0.25, -0.2) is 9.37 Å². The second-order valence-corrected chi connectivity index (χ2v) is 8.80. The first-order valence-corrected chi connectivity index (χ1v) is 11.3. The number of oxazole rings is 1. The van der Waals surface area contributed by atoms with Crippen LogP contribution < -0.4 is 0 Å². The number of hydrogen-bond donors (Lipinski definition) is 0. The summed E-state index contributed by atoms with van der Waals surface area (Å²) in [4.78, 5) is 11.5. The van der Waals surface area contributed by atoms with Gasteiger partial charge in [0, 0.05) is 22.9 Å². The molecule has 0 aliphatic carbocycles. The SMILES string of the molecule is Cc1ccc(-c2noc(CCCN3CCC(c4nc5cc(Cl)ccc5o4)CC3)n2)cc1F. The van der Waals surface area contributed by atoms with Gasteiger partial charge in [-0.3, -0.25) is 0 Å². The molecule has 0 saturated carbocycles. The van der Waals surface area contributed by atoms with Gasteiger partial charge in [0.15, 0.2) is 11.5 Å². The number of rotatable bonds is 6. The summed E-state index contributed by atoms with van der Waals surface area (Å²) in [5.74, 6) is 1.90. The molecule has 1 aliphatic heterocycles. The van der Waals surface area contributed by atoms with Crippen LogP contribution in [0, 0.1) is 12.7 Å². The Kier molecular flexibility index (Phi) is 5.93. The topological polar surface area (TPSA) is 68.2 Å². The summed E-state index contributed by atoms with van der Waals surface area (Å²) in [5.41, 5.74) is 2.84. The Morgan fingerprint density at radius 2 is 1.97 bits per heavy atom. The molecule has 0 unspecified atom stereocenters. The van der Waals surface area contributed by atoms with E-state index in [9.17, 15) is 4.39 Å². The number of hydrogen-bond acceptors (Lipinski definition) is 6. The number of aryl methyl sites for hydroxylation is 2. The average Bonchev–Trinajstić information content (AvgIpc) is 3.43. The fourth-order valence-electron chi connectivity index (χ4n) is 4.16. The first kappa shape index (κ1) is 21.1. The molecule has 1 aliphatic rings. The van der Waals surface area contributed by atoms with Gasteiger partial charge in [0.1, 0.15) is 11.3 Å². The molecule has 4 aromatic rings. The summed E-state index contributed by atoms with van der Waals surface area (Å²) in [5, 5.41) is 4.67. The van der Waals surface area contributed by atoms with Crippen LogP contribution >= 0.6 is 11.6 Å². The smallest absolute Gasteiger partial charge is 0.227 e. The van der Waals surface area contributed by atoms with E-state index in [2.05, 4.69) is 20.0 Å². The standard InChI is InChI=1S/C24H24ClFN4O2/c1-15-4-5-17(13-19(15)26)23-28-22(32-29-23)3-2-10-30-11-8-16(9-12-30)24-27-20-14-18(25)6-7-21(20)31-24/h4-7,13-14,16H,2-3,8-12H2,1H3. The highest BCUT2D eigenvalue weighted by molar-refractivity contribution is 6.31. The highest BCUT2D eigenvalue weighted by Crippen LogP contribution is 2.31. The third kappa shape index (κ3) is 4.54. The molecule has 0 N–H and O–H groups in total. The van der Waals surface area contributed by atoms with Gasteiger partial charge in [0.25, 0.3) is 0 Å². The molecule has 1 fully saturated rings. The normalized spacial score (nSPS) is 15.6. The lowest BCUT2D eigenvalue weighted by Crippen LogP contribution is -2.34. The molecule has 3 heterocycles. The maximum Gasteiger partial charge on any atom is 0.227 e. The van der Waals surface area contributed by atoms with Crippen LogP contribution in [0.15, 0.2) is 45.3 Å². The van der Waals surface area contributed by atoms with E-state index in [-0.39, 0.29) is 5.82 Å². The van der Waals surface area contributed by atoms with Crippen LogP contribution in [0.5, 0.6) is 0 Å². The van der Waals surface area contributed by atoms with E-state index in [4.69, 9.17) is 20.5 Å². The molecule has 2 aromatic heterocycles. The van der Waals surface area contributed by atoms with Crippen molar-refractivity contribution in [3.63, 3.8) is 0 Å². The van der Waals surface area contributed by atoms with E-state index in [1.807, 2.05) is 24.3 Å². The van der Waals surface area contributed by atoms with Gasteiger partial charge in [0.2, 0.25) is 11.7 Å². The van der Waals surface area contributed by atoms with Crippen LogP contribution in [0.2, 0.25) is 5.02 Å². The predicted octanol–water partition coefficient (Wildman–Crippen LogP) is 5.79. The zero-order valence-electron chi connectivity index (χ0n) is 17.9. The van der Waals surface area contributed by atoms with Crippen molar-refractivity contribution in [2.45, 2.75) is 38.5 Å². The molecule has 5 rings (SSSR count). The average molecular weight is 455 g/mol. The number of aromatic nitrogens is 3. The number of nitrogens with zero attached hydrogens (tertiary/aromatic N) is 4. The summed E-state index contributed by atoms with van der Waals surface area (Å²) in [6.07, 6.45) is 3.66. The van der Waals surface area contributed by atoms with Gasteiger partial charge in [-0.15, -0.1) is 0 Å². The van der Waals surface area contributed by atoms with E-state index >= 15 is 0 Å². The number of piperidine rings is 1. The molecule has 6 nitrogen and oxygen atoms in total. The van der Waals surface area contributed by atoms with Gasteiger partial charge < -0.3 is 13.8 Å². The third-order valence-electron chi connectivity index (χ3n) is 6.07. The Morgan fingerprint density at radius 3 is 2.78 bits per heavy atom. The lowest BCUT2D eigenvalue weighted by molar-refractivity contribution is 0.197. The van der Waals surface area contributed by atoms with E-state index in [0.717, 1.165) is 55.9 Å². The van der Waals surface area contributed by atoms with Crippen molar-refractivity contribution in [3.8, 4) is 11.4 Å². The molecule has 166 valence electrons. The molecule has 2 aromatic carbocycles. The summed E-state index contributed by atoms with van der Waals surface area (Å²) >= 11 is 6.05. The number of likely N-dealkylation sites (tertiary alicyclic amines) is 1. The first-order chi connectivity index (χ1) is 15.5. The summed E-state index contributed by atoms with van der Waals surface area (Å²) in [6, 6.07) is 10.5. The van der Waals surface area contributed by atoms with Crippen molar-refractivity contribution in [3.05, 3.63) is 64.6 Å². The van der Waals surface area contributed by atoms with Crippen LogP contribution in [0.25, 0.3) is 22.5 Å². The molecule has 0 amide bonds. The highest BCUT2D eigenvalue weighted by Gasteiger charge is 2.24. The van der Waals surface area contributed by atoms with E-state index in [1.54, 1.807) is 13.0 Å². The Bertz CT molecular complexity index is 1230. The molecule has 0 radical (unpaired) electrons. The van der Waals surface area contributed by atoms with Crippen molar-refractivity contribution in [2.24, 2.45) is 0 Å². The minimum absolute atomic E-state index is 0.265. The molecular formula is C24H24ClFN4O2. The van der Waals surface area contributed by atoms with Gasteiger partial charge in [-0.1, -0.05) is 28.9 Å². The van der Waals surface area contributed by atoms with Crippen molar-refractivity contribution in [1.29, 1.82) is 0 Å². The van der Waals surface area contributed by atoms with E-state index < -0.39 is 0 Å².